The molecule has 1 aromatic rings. The van der Waals surface area contributed by atoms with Crippen LogP contribution in [0.4, 0.5) is 0 Å². The van der Waals surface area contributed by atoms with Crippen molar-refractivity contribution in [2.24, 2.45) is 5.73 Å². The number of carbonyl (C=O) groups is 1. The zero-order valence-electron chi connectivity index (χ0n) is 9.81. The number of benzene rings is 1. The lowest BCUT2D eigenvalue weighted by Gasteiger charge is -2.12. The molecule has 0 aliphatic heterocycles. The Kier molecular flexibility index (Phi) is 4.71. The van der Waals surface area contributed by atoms with Gasteiger partial charge in [0.25, 0.3) is 0 Å². The van der Waals surface area contributed by atoms with Gasteiger partial charge in [-0.15, -0.1) is 0 Å². The van der Waals surface area contributed by atoms with Crippen LogP contribution in [-0.2, 0) is 14.8 Å². The fourth-order valence-corrected chi connectivity index (χ4v) is 3.10. The van der Waals surface area contributed by atoms with Gasteiger partial charge < -0.3 is 10.5 Å². The van der Waals surface area contributed by atoms with E-state index in [0.29, 0.717) is 10.2 Å². The van der Waals surface area contributed by atoms with E-state index in [1.54, 1.807) is 0 Å². The summed E-state index contributed by atoms with van der Waals surface area (Å²) in [6.07, 6.45) is 0. The van der Waals surface area contributed by atoms with E-state index in [4.69, 9.17) is 10.5 Å². The molecule has 3 N–H and O–H groups in total. The van der Waals surface area contributed by atoms with Crippen molar-refractivity contribution >= 4 is 31.9 Å². The SMILES string of the molecule is COc1ccc(S(=O)(=O)NC(C)C(N)=O)cc1Br. The van der Waals surface area contributed by atoms with E-state index in [1.807, 2.05) is 0 Å². The monoisotopic (exact) mass is 336 g/mol. The number of hydrogen-bond acceptors (Lipinski definition) is 4. The highest BCUT2D eigenvalue weighted by Gasteiger charge is 2.21. The predicted molar refractivity (Wildman–Crippen MR) is 69.7 cm³/mol. The minimum Gasteiger partial charge on any atom is -0.496 e. The minimum atomic E-state index is -3.79. The van der Waals surface area contributed by atoms with E-state index in [-0.39, 0.29) is 4.90 Å². The van der Waals surface area contributed by atoms with Crippen LogP contribution in [0.15, 0.2) is 27.6 Å². The van der Waals surface area contributed by atoms with Gasteiger partial charge in [0.05, 0.1) is 22.5 Å². The van der Waals surface area contributed by atoms with Gasteiger partial charge in [0, 0.05) is 0 Å². The molecule has 8 heteroatoms. The lowest BCUT2D eigenvalue weighted by atomic mass is 10.3. The molecule has 1 unspecified atom stereocenters. The molecular formula is C10H13BrN2O4S. The van der Waals surface area contributed by atoms with Crippen molar-refractivity contribution in [3.8, 4) is 5.75 Å². The second kappa shape index (κ2) is 5.68. The Bertz CT molecular complexity index is 559. The molecule has 0 aromatic heterocycles. The van der Waals surface area contributed by atoms with Crippen LogP contribution in [0.5, 0.6) is 5.75 Å². The number of nitrogens with two attached hydrogens (primary N) is 1. The van der Waals surface area contributed by atoms with Gasteiger partial charge in [-0.2, -0.15) is 4.72 Å². The Morgan fingerprint density at radius 2 is 2.11 bits per heavy atom. The first-order valence-corrected chi connectivity index (χ1v) is 7.20. The van der Waals surface area contributed by atoms with E-state index >= 15 is 0 Å². The summed E-state index contributed by atoms with van der Waals surface area (Å²) in [7, 11) is -2.31. The fourth-order valence-electron chi connectivity index (χ4n) is 1.17. The molecule has 0 aliphatic rings. The van der Waals surface area contributed by atoms with Crippen LogP contribution in [0.2, 0.25) is 0 Å². The first-order valence-electron chi connectivity index (χ1n) is 4.93. The summed E-state index contributed by atoms with van der Waals surface area (Å²) in [6, 6.07) is 3.29. The van der Waals surface area contributed by atoms with Gasteiger partial charge in [-0.25, -0.2) is 8.42 Å². The quantitative estimate of drug-likeness (QED) is 0.822. The maximum atomic E-state index is 11.9. The Morgan fingerprint density at radius 3 is 2.56 bits per heavy atom. The van der Waals surface area contributed by atoms with Crippen molar-refractivity contribution in [3.63, 3.8) is 0 Å². The van der Waals surface area contributed by atoms with E-state index in [1.165, 1.54) is 32.2 Å². The molecule has 0 bridgehead atoms. The summed E-state index contributed by atoms with van der Waals surface area (Å²) < 4.78 is 31.5. The average molecular weight is 337 g/mol. The van der Waals surface area contributed by atoms with Crippen molar-refractivity contribution in [2.45, 2.75) is 17.9 Å². The summed E-state index contributed by atoms with van der Waals surface area (Å²) in [5.41, 5.74) is 5.00. The number of rotatable bonds is 5. The van der Waals surface area contributed by atoms with Gasteiger partial charge in [0.15, 0.2) is 0 Å². The Hall–Kier alpha value is -1.12. The van der Waals surface area contributed by atoms with Gasteiger partial charge >= 0.3 is 0 Å². The first-order chi connectivity index (χ1) is 8.27. The van der Waals surface area contributed by atoms with Gasteiger partial charge in [-0.1, -0.05) is 0 Å². The molecular weight excluding hydrogens is 324 g/mol. The fraction of sp³-hybridized carbons (Fsp3) is 0.300. The molecule has 100 valence electrons. The largest absolute Gasteiger partial charge is 0.496 e. The van der Waals surface area contributed by atoms with Crippen LogP contribution in [0, 0.1) is 0 Å². The molecule has 1 aromatic carbocycles. The van der Waals surface area contributed by atoms with Crippen LogP contribution in [0.1, 0.15) is 6.92 Å². The third kappa shape index (κ3) is 3.44. The third-order valence-corrected chi connectivity index (χ3v) is 4.35. The summed E-state index contributed by atoms with van der Waals surface area (Å²) in [5, 5.41) is 0. The highest BCUT2D eigenvalue weighted by atomic mass is 79.9. The molecule has 18 heavy (non-hydrogen) atoms. The second-order valence-corrected chi connectivity index (χ2v) is 6.11. The number of halogens is 1. The van der Waals surface area contributed by atoms with Crippen LogP contribution in [-0.4, -0.2) is 27.5 Å². The van der Waals surface area contributed by atoms with Crippen molar-refractivity contribution in [2.75, 3.05) is 7.11 Å². The number of amides is 1. The first kappa shape index (κ1) is 14.9. The van der Waals surface area contributed by atoms with E-state index in [9.17, 15) is 13.2 Å². The minimum absolute atomic E-state index is 0.0169. The van der Waals surface area contributed by atoms with Crippen molar-refractivity contribution in [3.05, 3.63) is 22.7 Å². The molecule has 1 amide bonds. The molecule has 0 heterocycles. The molecule has 1 rings (SSSR count). The lowest BCUT2D eigenvalue weighted by Crippen LogP contribution is -2.42. The molecule has 0 spiro atoms. The molecule has 0 saturated heterocycles. The standard InChI is InChI=1S/C10H13BrN2O4S/c1-6(10(12)14)13-18(15,16)7-3-4-9(17-2)8(11)5-7/h3-6,13H,1-2H3,(H2,12,14). The molecule has 0 fully saturated rings. The van der Waals surface area contributed by atoms with Crippen LogP contribution in [0.3, 0.4) is 0 Å². The van der Waals surface area contributed by atoms with Crippen molar-refractivity contribution in [1.82, 2.24) is 4.72 Å². The lowest BCUT2D eigenvalue weighted by molar-refractivity contribution is -0.119. The highest BCUT2D eigenvalue weighted by molar-refractivity contribution is 9.10. The van der Waals surface area contributed by atoms with E-state index in [0.717, 1.165) is 0 Å². The van der Waals surface area contributed by atoms with Gasteiger partial charge in [-0.05, 0) is 41.1 Å². The Balaban J connectivity index is 3.06. The summed E-state index contributed by atoms with van der Waals surface area (Å²) in [4.78, 5) is 10.9. The number of ether oxygens (including phenoxy) is 1. The summed E-state index contributed by atoms with van der Waals surface area (Å²) in [5.74, 6) is -0.233. The van der Waals surface area contributed by atoms with Gasteiger partial charge in [0.2, 0.25) is 15.9 Å². The molecule has 0 aliphatic carbocycles. The summed E-state index contributed by atoms with van der Waals surface area (Å²) in [6.45, 7) is 1.37. The van der Waals surface area contributed by atoms with Crippen LogP contribution >= 0.6 is 15.9 Å². The van der Waals surface area contributed by atoms with Gasteiger partial charge in [-0.3, -0.25) is 4.79 Å². The second-order valence-electron chi connectivity index (χ2n) is 3.54. The Morgan fingerprint density at radius 1 is 1.50 bits per heavy atom. The Labute approximate surface area is 114 Å². The zero-order chi connectivity index (χ0) is 13.9. The molecule has 1 atom stereocenters. The number of sulfonamides is 1. The van der Waals surface area contributed by atoms with Gasteiger partial charge in [0.1, 0.15) is 5.75 Å². The molecule has 0 saturated carbocycles. The third-order valence-electron chi connectivity index (χ3n) is 2.19. The predicted octanol–water partition coefficient (Wildman–Crippen LogP) is 0.610. The van der Waals surface area contributed by atoms with E-state index < -0.39 is 22.0 Å². The maximum Gasteiger partial charge on any atom is 0.241 e. The maximum absolute atomic E-state index is 11.9. The van der Waals surface area contributed by atoms with Crippen molar-refractivity contribution in [1.29, 1.82) is 0 Å². The smallest absolute Gasteiger partial charge is 0.241 e. The number of carbonyl (C=O) groups excluding carboxylic acids is 1. The molecule has 6 nitrogen and oxygen atoms in total. The summed E-state index contributed by atoms with van der Waals surface area (Å²) >= 11 is 3.19. The average Bonchev–Trinajstić information content (AvgIpc) is 2.28. The van der Waals surface area contributed by atoms with Crippen LogP contribution < -0.4 is 15.2 Å². The van der Waals surface area contributed by atoms with E-state index in [2.05, 4.69) is 20.7 Å². The number of methoxy groups -OCH3 is 1. The topological polar surface area (TPSA) is 98.5 Å². The van der Waals surface area contributed by atoms with Crippen LogP contribution in [0.25, 0.3) is 0 Å². The number of hydrogen-bond donors (Lipinski definition) is 2. The number of primary amides is 1. The normalized spacial score (nSPS) is 13.1. The molecule has 0 radical (unpaired) electrons. The van der Waals surface area contributed by atoms with Crippen molar-refractivity contribution < 1.29 is 17.9 Å². The highest BCUT2D eigenvalue weighted by Crippen LogP contribution is 2.27. The zero-order valence-corrected chi connectivity index (χ0v) is 12.2. The number of nitrogens with one attached hydrogen (secondary N) is 1.